The van der Waals surface area contributed by atoms with Crippen molar-refractivity contribution in [3.63, 3.8) is 0 Å². The third-order valence-corrected chi connectivity index (χ3v) is 2.69. The maximum atomic E-state index is 11.8. The molecule has 1 aromatic rings. The van der Waals surface area contributed by atoms with Crippen molar-refractivity contribution in [1.82, 2.24) is 4.90 Å². The number of benzene rings is 1. The Kier molecular flexibility index (Phi) is 4.38. The van der Waals surface area contributed by atoms with Gasteiger partial charge in [-0.1, -0.05) is 30.3 Å². The van der Waals surface area contributed by atoms with Crippen molar-refractivity contribution in [3.05, 3.63) is 35.9 Å². The summed E-state index contributed by atoms with van der Waals surface area (Å²) >= 11 is 0. The molecule has 4 heteroatoms. The number of hydrogen-bond acceptors (Lipinski definition) is 3. The Hall–Kier alpha value is -1.55. The number of carbonyl (C=O) groups is 1. The molecule has 0 saturated carbocycles. The molecule has 17 heavy (non-hydrogen) atoms. The van der Waals surface area contributed by atoms with Gasteiger partial charge in [-0.3, -0.25) is 0 Å². The van der Waals surface area contributed by atoms with Crippen LogP contribution in [0.15, 0.2) is 30.3 Å². The topological polar surface area (TPSA) is 38.8 Å². The summed E-state index contributed by atoms with van der Waals surface area (Å²) in [4.78, 5) is 13.5. The Morgan fingerprint density at radius 2 is 2.06 bits per heavy atom. The molecule has 1 fully saturated rings. The molecular formula is C13H17NO3. The Morgan fingerprint density at radius 1 is 1.24 bits per heavy atom. The van der Waals surface area contributed by atoms with E-state index in [1.807, 2.05) is 30.3 Å². The summed E-state index contributed by atoms with van der Waals surface area (Å²) in [5, 5.41) is 0. The molecular weight excluding hydrogens is 218 g/mol. The number of nitrogens with zero attached hydrogens (tertiary/aromatic N) is 1. The maximum absolute atomic E-state index is 11.8. The Bertz CT molecular complexity index is 345. The zero-order valence-electron chi connectivity index (χ0n) is 9.80. The number of carbonyl (C=O) groups excluding carboxylic acids is 1. The van der Waals surface area contributed by atoms with Crippen molar-refractivity contribution < 1.29 is 14.3 Å². The van der Waals surface area contributed by atoms with Gasteiger partial charge in [-0.2, -0.15) is 0 Å². The third-order valence-electron chi connectivity index (χ3n) is 2.69. The van der Waals surface area contributed by atoms with Gasteiger partial charge in [0, 0.05) is 19.7 Å². The van der Waals surface area contributed by atoms with E-state index in [4.69, 9.17) is 9.47 Å². The third kappa shape index (κ3) is 3.75. The van der Waals surface area contributed by atoms with Crippen molar-refractivity contribution in [2.24, 2.45) is 0 Å². The average Bonchev–Trinajstić information content (AvgIpc) is 2.66. The van der Waals surface area contributed by atoms with Gasteiger partial charge in [-0.25, -0.2) is 4.79 Å². The highest BCUT2D eigenvalue weighted by molar-refractivity contribution is 5.67. The van der Waals surface area contributed by atoms with Crippen LogP contribution in [0.3, 0.4) is 0 Å². The van der Waals surface area contributed by atoms with E-state index in [1.165, 1.54) is 0 Å². The molecule has 0 unspecified atom stereocenters. The first-order valence-corrected chi connectivity index (χ1v) is 5.89. The Labute approximate surface area is 101 Å². The summed E-state index contributed by atoms with van der Waals surface area (Å²) in [5.74, 6) is 0. The quantitative estimate of drug-likeness (QED) is 0.787. The van der Waals surface area contributed by atoms with Crippen molar-refractivity contribution in [2.45, 2.75) is 13.0 Å². The fraction of sp³-hybridized carbons (Fsp3) is 0.462. The van der Waals surface area contributed by atoms with Crippen LogP contribution < -0.4 is 0 Å². The molecule has 0 N–H and O–H groups in total. The van der Waals surface area contributed by atoms with Crippen LogP contribution in [0.25, 0.3) is 0 Å². The minimum absolute atomic E-state index is 0.251. The molecule has 0 radical (unpaired) electrons. The molecule has 92 valence electrons. The normalized spacial score (nSPS) is 16.4. The summed E-state index contributed by atoms with van der Waals surface area (Å²) in [6, 6.07) is 9.70. The second-order valence-electron chi connectivity index (χ2n) is 3.99. The van der Waals surface area contributed by atoms with Gasteiger partial charge in [0.05, 0.1) is 6.61 Å². The first kappa shape index (κ1) is 11.9. The van der Waals surface area contributed by atoms with Crippen LogP contribution in [0.2, 0.25) is 0 Å². The van der Waals surface area contributed by atoms with Crippen molar-refractivity contribution in [3.8, 4) is 0 Å². The monoisotopic (exact) mass is 235 g/mol. The number of ether oxygens (including phenoxy) is 2. The van der Waals surface area contributed by atoms with E-state index in [2.05, 4.69) is 0 Å². The lowest BCUT2D eigenvalue weighted by Crippen LogP contribution is -2.33. The molecule has 1 aromatic carbocycles. The average molecular weight is 235 g/mol. The van der Waals surface area contributed by atoms with Crippen molar-refractivity contribution in [2.75, 3.05) is 26.3 Å². The fourth-order valence-electron chi connectivity index (χ4n) is 1.74. The number of amides is 1. The zero-order chi connectivity index (χ0) is 11.9. The lowest BCUT2D eigenvalue weighted by molar-refractivity contribution is 0.0917. The number of hydrogen-bond donors (Lipinski definition) is 0. The van der Waals surface area contributed by atoms with Gasteiger partial charge in [0.15, 0.2) is 0 Å². The molecule has 0 spiro atoms. The van der Waals surface area contributed by atoms with E-state index < -0.39 is 0 Å². The van der Waals surface area contributed by atoms with E-state index in [0.29, 0.717) is 26.3 Å². The summed E-state index contributed by atoms with van der Waals surface area (Å²) in [7, 11) is 0. The van der Waals surface area contributed by atoms with Gasteiger partial charge in [0.1, 0.15) is 6.61 Å². The molecule has 0 aliphatic carbocycles. The van der Waals surface area contributed by atoms with E-state index in [1.54, 1.807) is 4.90 Å². The van der Waals surface area contributed by atoms with E-state index >= 15 is 0 Å². The van der Waals surface area contributed by atoms with E-state index in [-0.39, 0.29) is 6.09 Å². The summed E-state index contributed by atoms with van der Waals surface area (Å²) in [5.41, 5.74) is 1.01. The van der Waals surface area contributed by atoms with Crippen LogP contribution in [0.5, 0.6) is 0 Å². The highest BCUT2D eigenvalue weighted by Crippen LogP contribution is 2.05. The van der Waals surface area contributed by atoms with Gasteiger partial charge in [0.25, 0.3) is 0 Å². The van der Waals surface area contributed by atoms with Crippen LogP contribution in [0, 0.1) is 0 Å². The van der Waals surface area contributed by atoms with Crippen molar-refractivity contribution in [1.29, 1.82) is 0 Å². The van der Waals surface area contributed by atoms with Gasteiger partial charge < -0.3 is 14.4 Å². The first-order valence-electron chi connectivity index (χ1n) is 5.89. The molecule has 1 amide bonds. The molecule has 0 aromatic heterocycles. The Morgan fingerprint density at radius 3 is 2.88 bits per heavy atom. The van der Waals surface area contributed by atoms with Crippen LogP contribution in [0.1, 0.15) is 12.0 Å². The minimum Gasteiger partial charge on any atom is -0.445 e. The van der Waals surface area contributed by atoms with Crippen LogP contribution in [-0.4, -0.2) is 37.3 Å². The predicted octanol–water partition coefficient (Wildman–Crippen LogP) is 2.05. The van der Waals surface area contributed by atoms with Crippen molar-refractivity contribution >= 4 is 6.09 Å². The predicted molar refractivity (Wildman–Crippen MR) is 63.6 cm³/mol. The fourth-order valence-corrected chi connectivity index (χ4v) is 1.74. The van der Waals surface area contributed by atoms with Crippen LogP contribution >= 0.6 is 0 Å². The lowest BCUT2D eigenvalue weighted by Gasteiger charge is -2.18. The van der Waals surface area contributed by atoms with Crippen LogP contribution in [0.4, 0.5) is 4.79 Å². The van der Waals surface area contributed by atoms with Gasteiger partial charge in [0.2, 0.25) is 0 Å². The minimum atomic E-state index is -0.251. The largest absolute Gasteiger partial charge is 0.445 e. The summed E-state index contributed by atoms with van der Waals surface area (Å²) < 4.78 is 10.5. The van der Waals surface area contributed by atoms with Gasteiger partial charge in [-0.05, 0) is 12.0 Å². The highest BCUT2D eigenvalue weighted by Gasteiger charge is 2.16. The molecule has 0 atom stereocenters. The molecule has 1 saturated heterocycles. The maximum Gasteiger partial charge on any atom is 0.410 e. The molecule has 0 bridgehead atoms. The highest BCUT2D eigenvalue weighted by atomic mass is 16.6. The van der Waals surface area contributed by atoms with E-state index in [0.717, 1.165) is 18.6 Å². The standard InChI is InChI=1S/C13H17NO3/c15-13(14-7-4-9-16-10-8-14)17-11-12-5-2-1-3-6-12/h1-3,5-6H,4,7-11H2. The SMILES string of the molecule is O=C(OCc1ccccc1)N1CCCOCC1. The lowest BCUT2D eigenvalue weighted by atomic mass is 10.2. The second-order valence-corrected chi connectivity index (χ2v) is 3.99. The Balaban J connectivity index is 1.80. The number of rotatable bonds is 2. The smallest absolute Gasteiger partial charge is 0.410 e. The zero-order valence-corrected chi connectivity index (χ0v) is 9.80. The summed E-state index contributed by atoms with van der Waals surface area (Å²) in [6.45, 7) is 2.99. The van der Waals surface area contributed by atoms with Gasteiger partial charge >= 0.3 is 6.09 Å². The molecule has 1 heterocycles. The second kappa shape index (κ2) is 6.25. The molecule has 4 nitrogen and oxygen atoms in total. The molecule has 1 aliphatic heterocycles. The molecule has 2 rings (SSSR count). The summed E-state index contributed by atoms with van der Waals surface area (Å²) in [6.07, 6.45) is 0.625. The van der Waals surface area contributed by atoms with E-state index in [9.17, 15) is 4.79 Å². The molecule has 1 aliphatic rings. The van der Waals surface area contributed by atoms with Gasteiger partial charge in [-0.15, -0.1) is 0 Å². The first-order chi connectivity index (χ1) is 8.36. The van der Waals surface area contributed by atoms with Crippen LogP contribution in [-0.2, 0) is 16.1 Å².